The molecule has 1 amide bonds. The summed E-state index contributed by atoms with van der Waals surface area (Å²) in [6, 6.07) is 21.8. The molecule has 1 aliphatic heterocycles. The van der Waals surface area contributed by atoms with Crippen LogP contribution in [0.15, 0.2) is 72.8 Å². The van der Waals surface area contributed by atoms with Crippen LogP contribution in [0.4, 0.5) is 5.69 Å². The van der Waals surface area contributed by atoms with Crippen LogP contribution in [0.3, 0.4) is 0 Å². The number of benzene rings is 3. The molecule has 4 rings (SSSR count). The molecule has 0 saturated heterocycles. The summed E-state index contributed by atoms with van der Waals surface area (Å²) in [7, 11) is 0. The average molecular weight is 446 g/mol. The topological polar surface area (TPSA) is 87.1 Å². The van der Waals surface area contributed by atoms with E-state index in [1.54, 1.807) is 17.0 Å². The van der Waals surface area contributed by atoms with E-state index in [4.69, 9.17) is 9.84 Å². The number of carboxylic acids is 1. The molecule has 0 saturated carbocycles. The molecule has 1 heterocycles. The Labute approximate surface area is 193 Å². The summed E-state index contributed by atoms with van der Waals surface area (Å²) in [4.78, 5) is 26.2. The van der Waals surface area contributed by atoms with Gasteiger partial charge in [-0.25, -0.2) is 0 Å². The predicted octanol–water partition coefficient (Wildman–Crippen LogP) is 5.36. The number of ether oxygens (including phenoxy) is 1. The maximum absolute atomic E-state index is 13.4. The smallest absolute Gasteiger partial charge is 0.303 e. The maximum Gasteiger partial charge on any atom is 0.303 e. The Bertz CT molecular complexity index is 1140. The first kappa shape index (κ1) is 22.4. The Balaban J connectivity index is 1.62. The predicted molar refractivity (Wildman–Crippen MR) is 126 cm³/mol. The summed E-state index contributed by atoms with van der Waals surface area (Å²) in [5.74, 6) is -0.289. The number of amides is 1. The highest BCUT2D eigenvalue weighted by molar-refractivity contribution is 6.08. The van der Waals surface area contributed by atoms with E-state index < -0.39 is 5.97 Å². The van der Waals surface area contributed by atoms with Crippen LogP contribution in [0.1, 0.15) is 53.6 Å². The zero-order chi connectivity index (χ0) is 23.4. The van der Waals surface area contributed by atoms with Gasteiger partial charge in [0.05, 0.1) is 0 Å². The zero-order valence-electron chi connectivity index (χ0n) is 18.5. The third-order valence-electron chi connectivity index (χ3n) is 6.11. The number of anilines is 1. The molecule has 2 unspecified atom stereocenters. The highest BCUT2D eigenvalue weighted by Crippen LogP contribution is 2.45. The number of aliphatic carboxylic acids is 1. The third-order valence-corrected chi connectivity index (χ3v) is 6.11. The number of phenols is 1. The van der Waals surface area contributed by atoms with Gasteiger partial charge in [0, 0.05) is 29.6 Å². The van der Waals surface area contributed by atoms with E-state index in [0.717, 1.165) is 16.8 Å². The summed E-state index contributed by atoms with van der Waals surface area (Å²) in [6.45, 7) is 2.42. The average Bonchev–Trinajstić information content (AvgIpc) is 3.08. The van der Waals surface area contributed by atoms with Gasteiger partial charge >= 0.3 is 5.97 Å². The summed E-state index contributed by atoms with van der Waals surface area (Å²) < 4.78 is 6.01. The third kappa shape index (κ3) is 5.00. The standard InChI is InChI=1S/C27H27NO5/c1-18-23(11-6-12-26(30)31)24-16-22(33-17-19-7-3-2-4-8-19)13-14-25(24)28(18)27(32)20-9-5-10-21(29)15-20/h2-5,7-10,13-16,18,23,29H,6,11-12,17H2,1H3,(H,30,31). The molecule has 0 aromatic heterocycles. The lowest BCUT2D eigenvalue weighted by Gasteiger charge is -2.25. The first-order chi connectivity index (χ1) is 15.9. The minimum absolute atomic E-state index is 0.0131. The molecule has 1 aliphatic rings. The van der Waals surface area contributed by atoms with Gasteiger partial charge < -0.3 is 19.8 Å². The summed E-state index contributed by atoms with van der Waals surface area (Å²) in [5, 5.41) is 18.9. The van der Waals surface area contributed by atoms with Gasteiger partial charge in [0.2, 0.25) is 0 Å². The SMILES string of the molecule is CC1C(CCCC(=O)O)c2cc(OCc3ccccc3)ccc2N1C(=O)c1cccc(O)c1. The number of carbonyl (C=O) groups is 2. The van der Waals surface area contributed by atoms with E-state index >= 15 is 0 Å². The number of carbonyl (C=O) groups excluding carboxylic acids is 1. The number of nitrogens with zero attached hydrogens (tertiary/aromatic N) is 1. The Morgan fingerprint density at radius 3 is 2.52 bits per heavy atom. The molecule has 2 atom stereocenters. The van der Waals surface area contributed by atoms with E-state index in [0.29, 0.717) is 30.8 Å². The van der Waals surface area contributed by atoms with E-state index in [1.165, 1.54) is 12.1 Å². The fourth-order valence-electron chi connectivity index (χ4n) is 4.48. The number of hydrogen-bond acceptors (Lipinski definition) is 4. The van der Waals surface area contributed by atoms with Gasteiger partial charge in [-0.15, -0.1) is 0 Å². The maximum atomic E-state index is 13.4. The molecule has 0 spiro atoms. The molecular weight excluding hydrogens is 418 g/mol. The lowest BCUT2D eigenvalue weighted by molar-refractivity contribution is -0.137. The van der Waals surface area contributed by atoms with E-state index in [9.17, 15) is 14.7 Å². The van der Waals surface area contributed by atoms with Crippen molar-refractivity contribution in [3.63, 3.8) is 0 Å². The largest absolute Gasteiger partial charge is 0.508 e. The Hall–Kier alpha value is -3.80. The second-order valence-electron chi connectivity index (χ2n) is 8.35. The molecule has 6 nitrogen and oxygen atoms in total. The van der Waals surface area contributed by atoms with Crippen LogP contribution in [0.25, 0.3) is 0 Å². The van der Waals surface area contributed by atoms with Crippen LogP contribution in [-0.4, -0.2) is 28.1 Å². The van der Waals surface area contributed by atoms with Gasteiger partial charge in [-0.05, 0) is 67.3 Å². The lowest BCUT2D eigenvalue weighted by atomic mass is 9.90. The molecule has 33 heavy (non-hydrogen) atoms. The van der Waals surface area contributed by atoms with Gasteiger partial charge in [0.15, 0.2) is 0 Å². The lowest BCUT2D eigenvalue weighted by Crippen LogP contribution is -2.37. The van der Waals surface area contributed by atoms with Gasteiger partial charge in [0.25, 0.3) is 5.91 Å². The van der Waals surface area contributed by atoms with Crippen LogP contribution in [-0.2, 0) is 11.4 Å². The number of rotatable bonds is 8. The highest BCUT2D eigenvalue weighted by atomic mass is 16.5. The normalized spacial score (nSPS) is 16.9. The van der Waals surface area contributed by atoms with Crippen LogP contribution in [0.2, 0.25) is 0 Å². The van der Waals surface area contributed by atoms with Crippen molar-refractivity contribution in [3.05, 3.63) is 89.5 Å². The van der Waals surface area contributed by atoms with Crippen LogP contribution in [0, 0.1) is 0 Å². The quantitative estimate of drug-likeness (QED) is 0.487. The molecule has 0 bridgehead atoms. The molecule has 3 aromatic rings. The van der Waals surface area contributed by atoms with E-state index in [2.05, 4.69) is 0 Å². The number of aromatic hydroxyl groups is 1. The summed E-state index contributed by atoms with van der Waals surface area (Å²) >= 11 is 0. The van der Waals surface area contributed by atoms with Crippen molar-refractivity contribution >= 4 is 17.6 Å². The molecule has 0 radical (unpaired) electrons. The van der Waals surface area contributed by atoms with Crippen LogP contribution in [0.5, 0.6) is 11.5 Å². The van der Waals surface area contributed by atoms with Crippen molar-refractivity contribution in [2.45, 2.75) is 44.8 Å². The molecule has 0 aliphatic carbocycles. The van der Waals surface area contributed by atoms with Crippen molar-refractivity contribution in [3.8, 4) is 11.5 Å². The number of fused-ring (bicyclic) bond motifs is 1. The first-order valence-electron chi connectivity index (χ1n) is 11.1. The van der Waals surface area contributed by atoms with Crippen molar-refractivity contribution in [1.82, 2.24) is 0 Å². The second-order valence-corrected chi connectivity index (χ2v) is 8.35. The molecule has 0 fully saturated rings. The zero-order valence-corrected chi connectivity index (χ0v) is 18.5. The number of carboxylic acid groups (broad SMARTS) is 1. The molecule has 6 heteroatoms. The minimum atomic E-state index is -0.825. The van der Waals surface area contributed by atoms with Crippen LogP contribution < -0.4 is 9.64 Å². The van der Waals surface area contributed by atoms with Crippen molar-refractivity contribution in [2.75, 3.05) is 4.90 Å². The van der Waals surface area contributed by atoms with Gasteiger partial charge in [0.1, 0.15) is 18.1 Å². The van der Waals surface area contributed by atoms with Crippen molar-refractivity contribution < 1.29 is 24.5 Å². The van der Waals surface area contributed by atoms with Gasteiger partial charge in [-0.3, -0.25) is 9.59 Å². The fourth-order valence-corrected chi connectivity index (χ4v) is 4.48. The van der Waals surface area contributed by atoms with Gasteiger partial charge in [-0.1, -0.05) is 36.4 Å². The first-order valence-corrected chi connectivity index (χ1v) is 11.1. The second kappa shape index (κ2) is 9.77. The van der Waals surface area contributed by atoms with Crippen molar-refractivity contribution in [1.29, 1.82) is 0 Å². The molecular formula is C27H27NO5. The Morgan fingerprint density at radius 2 is 1.79 bits per heavy atom. The van der Waals surface area contributed by atoms with Crippen molar-refractivity contribution in [2.24, 2.45) is 0 Å². The number of hydrogen-bond donors (Lipinski definition) is 2. The molecule has 2 N–H and O–H groups in total. The van der Waals surface area contributed by atoms with Crippen LogP contribution >= 0.6 is 0 Å². The van der Waals surface area contributed by atoms with E-state index in [1.807, 2.05) is 55.5 Å². The Morgan fingerprint density at radius 1 is 1.00 bits per heavy atom. The Kier molecular flexibility index (Phi) is 6.63. The minimum Gasteiger partial charge on any atom is -0.508 e. The fraction of sp³-hybridized carbons (Fsp3) is 0.259. The number of phenolic OH excluding ortho intramolecular Hbond substituents is 1. The highest BCUT2D eigenvalue weighted by Gasteiger charge is 2.39. The van der Waals surface area contributed by atoms with Gasteiger partial charge in [-0.2, -0.15) is 0 Å². The van der Waals surface area contributed by atoms with E-state index in [-0.39, 0.29) is 30.0 Å². The monoisotopic (exact) mass is 445 g/mol. The molecule has 3 aromatic carbocycles. The summed E-state index contributed by atoms with van der Waals surface area (Å²) in [5.41, 5.74) is 3.24. The summed E-state index contributed by atoms with van der Waals surface area (Å²) in [6.07, 6.45) is 1.25. The molecule has 170 valence electrons.